The molecule has 1 aromatic rings. The first-order valence-electron chi connectivity index (χ1n) is 6.54. The number of carboxylic acids is 3. The maximum atomic E-state index is 10.3. The highest BCUT2D eigenvalue weighted by Crippen LogP contribution is 2.15. The molecule has 0 saturated carbocycles. The largest absolute Gasteiger partial charge is 0.481 e. The Morgan fingerprint density at radius 2 is 1.41 bits per heavy atom. The van der Waals surface area contributed by atoms with Gasteiger partial charge in [0.25, 0.3) is 0 Å². The topological polar surface area (TPSA) is 136 Å². The Labute approximate surface area is 127 Å². The number of carbonyl (C=O) groups is 3. The highest BCUT2D eigenvalue weighted by molar-refractivity contribution is 5.88. The predicted molar refractivity (Wildman–Crippen MR) is 74.0 cm³/mol. The van der Waals surface area contributed by atoms with Gasteiger partial charge in [-0.2, -0.15) is 0 Å². The zero-order valence-corrected chi connectivity index (χ0v) is 12.2. The first-order valence-corrected chi connectivity index (χ1v) is 6.54. The summed E-state index contributed by atoms with van der Waals surface area (Å²) in [5.41, 5.74) is -2.74. The zero-order chi connectivity index (χ0) is 17.2. The van der Waals surface area contributed by atoms with Gasteiger partial charge < -0.3 is 20.4 Å². The number of pyridine rings is 1. The van der Waals surface area contributed by atoms with Crippen LogP contribution in [0.1, 0.15) is 26.2 Å². The SMILES string of the molecule is CCC[n+]1ccccc1.O=C(O)CC(O)(CC(=O)O)C(=O)O. The van der Waals surface area contributed by atoms with Crippen LogP contribution >= 0.6 is 0 Å². The molecule has 0 aliphatic rings. The molecule has 0 aromatic carbocycles. The van der Waals surface area contributed by atoms with Crippen molar-refractivity contribution in [3.63, 3.8) is 0 Å². The van der Waals surface area contributed by atoms with Crippen LogP contribution in [-0.2, 0) is 20.9 Å². The molecule has 122 valence electrons. The van der Waals surface area contributed by atoms with Crippen LogP contribution in [0.25, 0.3) is 0 Å². The summed E-state index contributed by atoms with van der Waals surface area (Å²) in [6, 6.07) is 6.14. The molecule has 4 N–H and O–H groups in total. The van der Waals surface area contributed by atoms with Crippen molar-refractivity contribution in [3.8, 4) is 0 Å². The lowest BCUT2D eigenvalue weighted by Crippen LogP contribution is -2.42. The van der Waals surface area contributed by atoms with E-state index >= 15 is 0 Å². The summed E-state index contributed by atoms with van der Waals surface area (Å²) in [4.78, 5) is 30.5. The van der Waals surface area contributed by atoms with Gasteiger partial charge in [0.05, 0.1) is 12.8 Å². The molecular formula is C14H20NO7+. The van der Waals surface area contributed by atoms with Crippen LogP contribution in [0, 0.1) is 0 Å². The Bertz CT molecular complexity index is 485. The van der Waals surface area contributed by atoms with Gasteiger partial charge in [-0.3, -0.25) is 9.59 Å². The number of aliphatic hydroxyl groups is 1. The van der Waals surface area contributed by atoms with Crippen LogP contribution in [-0.4, -0.2) is 43.9 Å². The van der Waals surface area contributed by atoms with E-state index in [4.69, 9.17) is 20.4 Å². The molecule has 8 nitrogen and oxygen atoms in total. The molecule has 0 saturated heterocycles. The highest BCUT2D eigenvalue weighted by atomic mass is 16.4. The maximum Gasteiger partial charge on any atom is 0.336 e. The van der Waals surface area contributed by atoms with Gasteiger partial charge in [-0.25, -0.2) is 9.36 Å². The van der Waals surface area contributed by atoms with Gasteiger partial charge in [0.15, 0.2) is 18.0 Å². The Morgan fingerprint density at radius 1 is 0.955 bits per heavy atom. The molecule has 8 heteroatoms. The summed E-state index contributed by atoms with van der Waals surface area (Å²) in [5, 5.41) is 33.8. The Morgan fingerprint density at radius 3 is 1.73 bits per heavy atom. The Kier molecular flexibility index (Phi) is 8.39. The van der Waals surface area contributed by atoms with Crippen molar-refractivity contribution in [1.29, 1.82) is 0 Å². The third kappa shape index (κ3) is 7.95. The van der Waals surface area contributed by atoms with E-state index in [9.17, 15) is 14.4 Å². The van der Waals surface area contributed by atoms with Crippen molar-refractivity contribution < 1.29 is 39.4 Å². The van der Waals surface area contributed by atoms with E-state index < -0.39 is 36.4 Å². The third-order valence-electron chi connectivity index (χ3n) is 2.54. The number of aromatic nitrogens is 1. The molecule has 0 bridgehead atoms. The van der Waals surface area contributed by atoms with Crippen LogP contribution < -0.4 is 4.57 Å². The fourth-order valence-corrected chi connectivity index (χ4v) is 1.56. The van der Waals surface area contributed by atoms with E-state index in [1.807, 2.05) is 6.07 Å². The van der Waals surface area contributed by atoms with E-state index in [2.05, 4.69) is 36.0 Å². The van der Waals surface area contributed by atoms with Crippen molar-refractivity contribution >= 4 is 17.9 Å². The number of hydrogen-bond donors (Lipinski definition) is 4. The second-order valence-electron chi connectivity index (χ2n) is 4.59. The van der Waals surface area contributed by atoms with Crippen LogP contribution in [0.2, 0.25) is 0 Å². The predicted octanol–water partition coefficient (Wildman–Crippen LogP) is 0.136. The number of hydrogen-bond acceptors (Lipinski definition) is 4. The molecule has 0 amide bonds. The van der Waals surface area contributed by atoms with E-state index in [1.165, 1.54) is 6.42 Å². The van der Waals surface area contributed by atoms with Crippen molar-refractivity contribution in [3.05, 3.63) is 30.6 Å². The van der Waals surface area contributed by atoms with E-state index in [0.717, 1.165) is 6.54 Å². The monoisotopic (exact) mass is 314 g/mol. The summed E-state index contributed by atoms with van der Waals surface area (Å²) >= 11 is 0. The zero-order valence-electron chi connectivity index (χ0n) is 12.2. The van der Waals surface area contributed by atoms with Crippen LogP contribution in [0.3, 0.4) is 0 Å². The summed E-state index contributed by atoms with van der Waals surface area (Å²) < 4.78 is 2.18. The van der Waals surface area contributed by atoms with E-state index in [0.29, 0.717) is 0 Å². The number of aryl methyl sites for hydroxylation is 1. The fraction of sp³-hybridized carbons (Fsp3) is 0.429. The quantitative estimate of drug-likeness (QED) is 0.525. The molecule has 1 aromatic heterocycles. The summed E-state index contributed by atoms with van der Waals surface area (Å²) in [7, 11) is 0. The average molecular weight is 314 g/mol. The lowest BCUT2D eigenvalue weighted by atomic mass is 9.96. The molecule has 0 aliphatic heterocycles. The van der Waals surface area contributed by atoms with Gasteiger partial charge in [-0.1, -0.05) is 13.0 Å². The van der Waals surface area contributed by atoms with Crippen molar-refractivity contribution in [2.45, 2.75) is 38.3 Å². The van der Waals surface area contributed by atoms with Crippen LogP contribution in [0.4, 0.5) is 0 Å². The second-order valence-corrected chi connectivity index (χ2v) is 4.59. The Hall–Kier alpha value is -2.48. The molecule has 0 unspecified atom stereocenters. The molecule has 0 aliphatic carbocycles. The summed E-state index contributed by atoms with van der Waals surface area (Å²) in [5.74, 6) is -5.02. The number of aliphatic carboxylic acids is 3. The average Bonchev–Trinajstić information content (AvgIpc) is 2.39. The van der Waals surface area contributed by atoms with Crippen molar-refractivity contribution in [1.82, 2.24) is 0 Å². The highest BCUT2D eigenvalue weighted by Gasteiger charge is 2.40. The normalized spacial score (nSPS) is 10.3. The molecule has 0 radical (unpaired) electrons. The number of nitrogens with zero attached hydrogens (tertiary/aromatic N) is 1. The number of rotatable bonds is 7. The van der Waals surface area contributed by atoms with Crippen LogP contribution in [0.15, 0.2) is 30.6 Å². The first kappa shape index (κ1) is 19.5. The first-order chi connectivity index (χ1) is 10.2. The molecule has 0 fully saturated rings. The fourth-order valence-electron chi connectivity index (χ4n) is 1.56. The van der Waals surface area contributed by atoms with E-state index in [1.54, 1.807) is 0 Å². The van der Waals surface area contributed by atoms with Gasteiger partial charge in [-0.05, 0) is 0 Å². The molecular weight excluding hydrogens is 294 g/mol. The second kappa shape index (κ2) is 9.46. The summed E-state index contributed by atoms with van der Waals surface area (Å²) in [6.45, 7) is 3.31. The summed E-state index contributed by atoms with van der Waals surface area (Å²) in [6.07, 6.45) is 3.09. The third-order valence-corrected chi connectivity index (χ3v) is 2.54. The molecule has 22 heavy (non-hydrogen) atoms. The lowest BCUT2D eigenvalue weighted by Gasteiger charge is -2.18. The maximum absolute atomic E-state index is 10.3. The van der Waals surface area contributed by atoms with Gasteiger partial charge >= 0.3 is 17.9 Å². The minimum absolute atomic E-state index is 1.13. The van der Waals surface area contributed by atoms with Gasteiger partial charge in [0.2, 0.25) is 0 Å². The van der Waals surface area contributed by atoms with Gasteiger partial charge in [0, 0.05) is 18.6 Å². The number of carboxylic acid groups (broad SMARTS) is 3. The lowest BCUT2D eigenvalue weighted by molar-refractivity contribution is -0.697. The Balaban J connectivity index is 0.000000425. The standard InChI is InChI=1S/C8H12N.C6H8O7/c1-2-6-9-7-4-3-5-8-9;7-3(8)1-6(13,5(11)12)2-4(9)10/h3-5,7-8H,2,6H2,1H3;13H,1-2H2,(H,7,8)(H,9,10)(H,11,12)/q+1;. The molecule has 1 rings (SSSR count). The van der Waals surface area contributed by atoms with Crippen molar-refractivity contribution in [2.24, 2.45) is 0 Å². The van der Waals surface area contributed by atoms with Gasteiger partial charge in [0.1, 0.15) is 6.54 Å². The van der Waals surface area contributed by atoms with Crippen LogP contribution in [0.5, 0.6) is 0 Å². The smallest absolute Gasteiger partial charge is 0.336 e. The minimum Gasteiger partial charge on any atom is -0.481 e. The molecule has 0 atom stereocenters. The van der Waals surface area contributed by atoms with Gasteiger partial charge in [-0.15, -0.1) is 0 Å². The van der Waals surface area contributed by atoms with E-state index in [-0.39, 0.29) is 0 Å². The molecule has 1 heterocycles. The minimum atomic E-state index is -2.74. The van der Waals surface area contributed by atoms with Crippen molar-refractivity contribution in [2.75, 3.05) is 0 Å². The molecule has 0 spiro atoms.